The zero-order valence-corrected chi connectivity index (χ0v) is 11.7. The largest absolute Gasteiger partial charge is 0.468 e. The van der Waals surface area contributed by atoms with Crippen molar-refractivity contribution in [2.75, 3.05) is 26.9 Å². The van der Waals surface area contributed by atoms with Crippen molar-refractivity contribution in [3.8, 4) is 0 Å². The minimum atomic E-state index is -0.230. The predicted molar refractivity (Wildman–Crippen MR) is 71.5 cm³/mol. The van der Waals surface area contributed by atoms with Crippen LogP contribution in [0.2, 0.25) is 0 Å². The SMILES string of the molecule is CCNC(CCOCC1CCCCC1)C(=O)OC. The predicted octanol–water partition coefficient (Wildman–Crippen LogP) is 2.12. The molecule has 4 nitrogen and oxygen atoms in total. The van der Waals surface area contributed by atoms with Crippen molar-refractivity contribution in [2.24, 2.45) is 5.92 Å². The van der Waals surface area contributed by atoms with E-state index in [-0.39, 0.29) is 12.0 Å². The summed E-state index contributed by atoms with van der Waals surface area (Å²) in [6, 6.07) is -0.230. The molecular formula is C14H27NO3. The van der Waals surface area contributed by atoms with Crippen LogP contribution < -0.4 is 5.32 Å². The molecule has 1 unspecified atom stereocenters. The molecule has 0 aliphatic heterocycles. The van der Waals surface area contributed by atoms with Gasteiger partial charge < -0.3 is 14.8 Å². The van der Waals surface area contributed by atoms with Gasteiger partial charge in [0.2, 0.25) is 0 Å². The highest BCUT2D eigenvalue weighted by Crippen LogP contribution is 2.23. The molecule has 0 heterocycles. The van der Waals surface area contributed by atoms with E-state index in [1.54, 1.807) is 0 Å². The Morgan fingerprint density at radius 3 is 2.67 bits per heavy atom. The summed E-state index contributed by atoms with van der Waals surface area (Å²) in [6.07, 6.45) is 7.35. The first kappa shape index (κ1) is 15.4. The molecule has 18 heavy (non-hydrogen) atoms. The summed E-state index contributed by atoms with van der Waals surface area (Å²) >= 11 is 0. The van der Waals surface area contributed by atoms with E-state index in [0.29, 0.717) is 13.0 Å². The second kappa shape index (κ2) is 9.34. The van der Waals surface area contributed by atoms with E-state index < -0.39 is 0 Å². The highest BCUT2D eigenvalue weighted by Gasteiger charge is 2.18. The first-order valence-corrected chi connectivity index (χ1v) is 7.16. The maximum atomic E-state index is 11.5. The van der Waals surface area contributed by atoms with Gasteiger partial charge in [-0.1, -0.05) is 26.2 Å². The molecule has 1 aliphatic rings. The third kappa shape index (κ3) is 5.83. The molecule has 1 fully saturated rings. The molecule has 1 saturated carbocycles. The molecule has 0 amide bonds. The summed E-state index contributed by atoms with van der Waals surface area (Å²) in [5.41, 5.74) is 0. The first-order chi connectivity index (χ1) is 8.77. The van der Waals surface area contributed by atoms with Gasteiger partial charge in [0, 0.05) is 13.2 Å². The molecule has 1 N–H and O–H groups in total. The molecule has 0 aromatic carbocycles. The van der Waals surface area contributed by atoms with Crippen molar-refractivity contribution in [3.05, 3.63) is 0 Å². The molecule has 1 atom stereocenters. The van der Waals surface area contributed by atoms with E-state index in [9.17, 15) is 4.79 Å². The van der Waals surface area contributed by atoms with E-state index in [4.69, 9.17) is 9.47 Å². The Morgan fingerprint density at radius 1 is 1.33 bits per heavy atom. The van der Waals surface area contributed by atoms with Crippen molar-refractivity contribution < 1.29 is 14.3 Å². The van der Waals surface area contributed by atoms with Gasteiger partial charge in [0.05, 0.1) is 7.11 Å². The molecule has 106 valence electrons. The second-order valence-corrected chi connectivity index (χ2v) is 5.00. The number of hydrogen-bond acceptors (Lipinski definition) is 4. The van der Waals surface area contributed by atoms with Crippen LogP contribution in [0.4, 0.5) is 0 Å². The number of rotatable bonds is 8. The summed E-state index contributed by atoms with van der Waals surface area (Å²) < 4.78 is 10.5. The molecule has 0 aromatic heterocycles. The smallest absolute Gasteiger partial charge is 0.322 e. The van der Waals surface area contributed by atoms with Gasteiger partial charge >= 0.3 is 5.97 Å². The van der Waals surface area contributed by atoms with Crippen LogP contribution in [0.25, 0.3) is 0 Å². The van der Waals surface area contributed by atoms with Gasteiger partial charge in [0.15, 0.2) is 0 Å². The van der Waals surface area contributed by atoms with Gasteiger partial charge in [0.25, 0.3) is 0 Å². The fraction of sp³-hybridized carbons (Fsp3) is 0.929. The van der Waals surface area contributed by atoms with Crippen molar-refractivity contribution >= 4 is 5.97 Å². The lowest BCUT2D eigenvalue weighted by Gasteiger charge is -2.22. The number of methoxy groups -OCH3 is 1. The van der Waals surface area contributed by atoms with Crippen molar-refractivity contribution in [3.63, 3.8) is 0 Å². The zero-order chi connectivity index (χ0) is 13.2. The lowest BCUT2D eigenvalue weighted by Crippen LogP contribution is -2.38. The van der Waals surface area contributed by atoms with Crippen LogP contribution in [0.15, 0.2) is 0 Å². The van der Waals surface area contributed by atoms with E-state index in [1.807, 2.05) is 6.92 Å². The van der Waals surface area contributed by atoms with E-state index in [2.05, 4.69) is 5.32 Å². The summed E-state index contributed by atoms with van der Waals surface area (Å²) in [5.74, 6) is 0.535. The summed E-state index contributed by atoms with van der Waals surface area (Å²) in [6.45, 7) is 4.23. The lowest BCUT2D eigenvalue weighted by atomic mass is 9.90. The van der Waals surface area contributed by atoms with Gasteiger partial charge in [-0.25, -0.2) is 0 Å². The van der Waals surface area contributed by atoms with Crippen LogP contribution in [-0.2, 0) is 14.3 Å². The van der Waals surface area contributed by atoms with Crippen LogP contribution in [0.5, 0.6) is 0 Å². The monoisotopic (exact) mass is 257 g/mol. The standard InChI is InChI=1S/C14H27NO3/c1-3-15-13(14(16)17-2)9-10-18-11-12-7-5-4-6-8-12/h12-13,15H,3-11H2,1-2H3. The summed E-state index contributed by atoms with van der Waals surface area (Å²) in [5, 5.41) is 3.12. The van der Waals surface area contributed by atoms with Crippen molar-refractivity contribution in [1.29, 1.82) is 0 Å². The van der Waals surface area contributed by atoms with E-state index in [1.165, 1.54) is 39.2 Å². The zero-order valence-electron chi connectivity index (χ0n) is 11.7. The number of carbonyl (C=O) groups is 1. The van der Waals surface area contributed by atoms with Crippen LogP contribution in [0.3, 0.4) is 0 Å². The average molecular weight is 257 g/mol. The van der Waals surface area contributed by atoms with Gasteiger partial charge in [-0.05, 0) is 31.7 Å². The number of nitrogens with one attached hydrogen (secondary N) is 1. The van der Waals surface area contributed by atoms with Crippen LogP contribution in [0, 0.1) is 5.92 Å². The highest BCUT2D eigenvalue weighted by molar-refractivity contribution is 5.75. The number of hydrogen-bond donors (Lipinski definition) is 1. The van der Waals surface area contributed by atoms with Gasteiger partial charge in [0.1, 0.15) is 6.04 Å². The topological polar surface area (TPSA) is 47.6 Å². The highest BCUT2D eigenvalue weighted by atomic mass is 16.5. The van der Waals surface area contributed by atoms with Gasteiger partial charge in [-0.2, -0.15) is 0 Å². The normalized spacial score (nSPS) is 18.6. The summed E-state index contributed by atoms with van der Waals surface area (Å²) in [7, 11) is 1.43. The van der Waals surface area contributed by atoms with Gasteiger partial charge in [-0.3, -0.25) is 4.79 Å². The molecule has 0 spiro atoms. The number of esters is 1. The first-order valence-electron chi connectivity index (χ1n) is 7.16. The number of ether oxygens (including phenoxy) is 2. The maximum Gasteiger partial charge on any atom is 0.322 e. The summed E-state index contributed by atoms with van der Waals surface area (Å²) in [4.78, 5) is 11.5. The minimum absolute atomic E-state index is 0.196. The molecule has 0 saturated heterocycles. The molecule has 1 rings (SSSR count). The Balaban J connectivity index is 2.11. The number of carbonyl (C=O) groups excluding carboxylic acids is 1. The maximum absolute atomic E-state index is 11.5. The Hall–Kier alpha value is -0.610. The molecular weight excluding hydrogens is 230 g/mol. The molecule has 1 aliphatic carbocycles. The van der Waals surface area contributed by atoms with Gasteiger partial charge in [-0.15, -0.1) is 0 Å². The second-order valence-electron chi connectivity index (χ2n) is 5.00. The fourth-order valence-electron chi connectivity index (χ4n) is 2.50. The van der Waals surface area contributed by atoms with E-state index in [0.717, 1.165) is 19.1 Å². The third-order valence-corrected chi connectivity index (χ3v) is 3.57. The Labute approximate surface area is 110 Å². The van der Waals surface area contributed by atoms with Crippen LogP contribution in [-0.4, -0.2) is 38.9 Å². The molecule has 4 heteroatoms. The lowest BCUT2D eigenvalue weighted by molar-refractivity contribution is -0.143. The molecule has 0 aromatic rings. The minimum Gasteiger partial charge on any atom is -0.468 e. The Bertz CT molecular complexity index is 227. The Morgan fingerprint density at radius 2 is 2.06 bits per heavy atom. The molecule has 0 radical (unpaired) electrons. The van der Waals surface area contributed by atoms with Crippen molar-refractivity contribution in [2.45, 2.75) is 51.5 Å². The number of likely N-dealkylation sites (N-methyl/N-ethyl adjacent to an activating group) is 1. The van der Waals surface area contributed by atoms with Crippen molar-refractivity contribution in [1.82, 2.24) is 5.32 Å². The van der Waals surface area contributed by atoms with Crippen LogP contribution in [0.1, 0.15) is 45.4 Å². The Kier molecular flexibility index (Phi) is 8.01. The quantitative estimate of drug-likeness (QED) is 0.534. The average Bonchev–Trinajstić information content (AvgIpc) is 2.42. The van der Waals surface area contributed by atoms with Crippen LogP contribution >= 0.6 is 0 Å². The van der Waals surface area contributed by atoms with E-state index >= 15 is 0 Å². The fourth-order valence-corrected chi connectivity index (χ4v) is 2.50. The molecule has 0 bridgehead atoms. The third-order valence-electron chi connectivity index (χ3n) is 3.57.